The van der Waals surface area contributed by atoms with Gasteiger partial charge in [0.25, 0.3) is 0 Å². The molecule has 0 spiro atoms. The van der Waals surface area contributed by atoms with Crippen LogP contribution in [0, 0.1) is 17.8 Å². The van der Waals surface area contributed by atoms with Crippen LogP contribution in [0.25, 0.3) is 16.7 Å². The van der Waals surface area contributed by atoms with Gasteiger partial charge in [-0.05, 0) is 103 Å². The molecule has 0 N–H and O–H groups in total. The van der Waals surface area contributed by atoms with Crippen molar-refractivity contribution in [3.63, 3.8) is 0 Å². The van der Waals surface area contributed by atoms with Crippen molar-refractivity contribution >= 4 is 5.57 Å². The number of benzene rings is 2. The highest BCUT2D eigenvalue weighted by atomic mass is 14.3. The average Bonchev–Trinajstić information content (AvgIpc) is 2.96. The normalized spacial score (nSPS) is 23.0. The summed E-state index contributed by atoms with van der Waals surface area (Å²) in [5, 5.41) is 0. The third-order valence-electron chi connectivity index (χ3n) is 9.74. The number of unbranched alkanes of at least 4 members (excludes halogenated alkanes) is 5. The summed E-state index contributed by atoms with van der Waals surface area (Å²) in [6, 6.07) is 19.0. The van der Waals surface area contributed by atoms with Crippen molar-refractivity contribution in [1.29, 1.82) is 0 Å². The van der Waals surface area contributed by atoms with Crippen molar-refractivity contribution in [3.8, 4) is 11.1 Å². The van der Waals surface area contributed by atoms with Gasteiger partial charge in [-0.1, -0.05) is 127 Å². The van der Waals surface area contributed by atoms with Crippen molar-refractivity contribution < 1.29 is 0 Å². The molecule has 0 nitrogen and oxygen atoms in total. The SMILES string of the molecule is CCCCCCCCC1CCC(c2ccc(-c3ccc(C4=CCC(CC(C)CC)CC4)cc3)cc2)CC1. The van der Waals surface area contributed by atoms with Crippen LogP contribution in [0.3, 0.4) is 0 Å². The molecule has 2 unspecified atom stereocenters. The third-order valence-corrected chi connectivity index (χ3v) is 9.74. The largest absolute Gasteiger partial charge is 0.0804 e. The maximum absolute atomic E-state index is 2.53. The van der Waals surface area contributed by atoms with E-state index in [-0.39, 0.29) is 0 Å². The van der Waals surface area contributed by atoms with Gasteiger partial charge < -0.3 is 0 Å². The lowest BCUT2D eigenvalue weighted by Gasteiger charge is -2.29. The average molecular weight is 499 g/mol. The second-order valence-corrected chi connectivity index (χ2v) is 12.6. The van der Waals surface area contributed by atoms with Crippen LogP contribution in [0.1, 0.15) is 141 Å². The fourth-order valence-corrected chi connectivity index (χ4v) is 6.92. The maximum atomic E-state index is 2.53. The van der Waals surface area contributed by atoms with E-state index in [2.05, 4.69) is 75.4 Å². The predicted octanol–water partition coefficient (Wildman–Crippen LogP) is 12.0. The van der Waals surface area contributed by atoms with E-state index >= 15 is 0 Å². The van der Waals surface area contributed by atoms with E-state index in [0.29, 0.717) is 0 Å². The number of rotatable bonds is 13. The molecule has 0 heteroatoms. The Kier molecular flexibility index (Phi) is 11.4. The molecule has 2 aromatic carbocycles. The minimum atomic E-state index is 0.777. The number of hydrogen-bond donors (Lipinski definition) is 0. The first-order valence-electron chi connectivity index (χ1n) is 16.1. The molecule has 0 aromatic heterocycles. The van der Waals surface area contributed by atoms with Crippen LogP contribution in [0.2, 0.25) is 0 Å². The lowest BCUT2D eigenvalue weighted by molar-refractivity contribution is 0.302. The number of hydrogen-bond acceptors (Lipinski definition) is 0. The highest BCUT2D eigenvalue weighted by molar-refractivity contribution is 5.71. The van der Waals surface area contributed by atoms with Crippen molar-refractivity contribution in [2.75, 3.05) is 0 Å². The summed E-state index contributed by atoms with van der Waals surface area (Å²) >= 11 is 0. The molecule has 0 bridgehead atoms. The lowest BCUT2D eigenvalue weighted by atomic mass is 9.77. The van der Waals surface area contributed by atoms with E-state index < -0.39 is 0 Å². The smallest absolute Gasteiger partial charge is 0.0162 e. The Balaban J connectivity index is 1.23. The van der Waals surface area contributed by atoms with E-state index in [0.717, 1.165) is 23.7 Å². The van der Waals surface area contributed by atoms with Gasteiger partial charge in [0.2, 0.25) is 0 Å². The zero-order valence-electron chi connectivity index (χ0n) is 24.3. The summed E-state index contributed by atoms with van der Waals surface area (Å²) in [4.78, 5) is 0. The zero-order valence-corrected chi connectivity index (χ0v) is 24.3. The van der Waals surface area contributed by atoms with Crippen LogP contribution in [0.4, 0.5) is 0 Å². The van der Waals surface area contributed by atoms with Gasteiger partial charge in [0.1, 0.15) is 0 Å². The summed E-state index contributed by atoms with van der Waals surface area (Å²) in [7, 11) is 0. The summed E-state index contributed by atoms with van der Waals surface area (Å²) in [6.07, 6.45) is 24.9. The van der Waals surface area contributed by atoms with E-state index in [1.807, 2.05) is 0 Å². The molecule has 0 heterocycles. The van der Waals surface area contributed by atoms with Crippen LogP contribution < -0.4 is 0 Å². The molecule has 0 saturated heterocycles. The molecule has 2 aliphatic rings. The molecule has 2 aliphatic carbocycles. The van der Waals surface area contributed by atoms with Gasteiger partial charge in [0.05, 0.1) is 0 Å². The first-order valence-corrected chi connectivity index (χ1v) is 16.1. The van der Waals surface area contributed by atoms with Crippen LogP contribution in [0.5, 0.6) is 0 Å². The van der Waals surface area contributed by atoms with Gasteiger partial charge in [-0.15, -0.1) is 0 Å². The van der Waals surface area contributed by atoms with E-state index in [4.69, 9.17) is 0 Å². The Morgan fingerprint density at radius 3 is 1.92 bits per heavy atom. The molecule has 1 saturated carbocycles. The molecule has 0 radical (unpaired) electrons. The molecule has 0 amide bonds. The highest BCUT2D eigenvalue weighted by Crippen LogP contribution is 2.39. The Morgan fingerprint density at radius 1 is 0.676 bits per heavy atom. The molecule has 202 valence electrons. The van der Waals surface area contributed by atoms with Crippen molar-refractivity contribution in [2.45, 2.75) is 129 Å². The molecule has 1 fully saturated rings. The number of allylic oxidation sites excluding steroid dienone is 2. The first kappa shape index (κ1) is 28.2. The summed E-state index contributed by atoms with van der Waals surface area (Å²) in [5.41, 5.74) is 7.27. The van der Waals surface area contributed by atoms with E-state index in [1.54, 1.807) is 11.1 Å². The fraction of sp³-hybridized carbons (Fsp3) is 0.622. The van der Waals surface area contributed by atoms with Crippen LogP contribution in [0.15, 0.2) is 54.6 Å². The quantitative estimate of drug-likeness (QED) is 0.241. The Hall–Kier alpha value is -1.82. The molecule has 2 atom stereocenters. The van der Waals surface area contributed by atoms with Crippen molar-refractivity contribution in [2.24, 2.45) is 17.8 Å². The molecular weight excluding hydrogens is 444 g/mol. The zero-order chi connectivity index (χ0) is 25.9. The van der Waals surface area contributed by atoms with Crippen LogP contribution >= 0.6 is 0 Å². The van der Waals surface area contributed by atoms with Gasteiger partial charge in [-0.2, -0.15) is 0 Å². The standard InChI is InChI=1S/C37H54/c1-4-6-7-8-9-10-11-30-12-16-32(17-13-30)34-20-24-36(25-21-34)37-26-22-35(23-27-37)33-18-14-31(15-19-33)28-29(3)5-2/h18,20-27,29-32H,4-17,19,28H2,1-3H3. The molecule has 0 aliphatic heterocycles. The fourth-order valence-electron chi connectivity index (χ4n) is 6.92. The second-order valence-electron chi connectivity index (χ2n) is 12.6. The van der Waals surface area contributed by atoms with E-state index in [1.165, 1.54) is 119 Å². The molecule has 37 heavy (non-hydrogen) atoms. The second kappa shape index (κ2) is 14.9. The molecule has 4 rings (SSSR count). The Morgan fingerprint density at radius 2 is 1.30 bits per heavy atom. The monoisotopic (exact) mass is 498 g/mol. The summed E-state index contributed by atoms with van der Waals surface area (Å²) < 4.78 is 0. The summed E-state index contributed by atoms with van der Waals surface area (Å²) in [5.74, 6) is 3.53. The van der Waals surface area contributed by atoms with Crippen molar-refractivity contribution in [3.05, 3.63) is 65.7 Å². The minimum absolute atomic E-state index is 0.777. The topological polar surface area (TPSA) is 0 Å². The van der Waals surface area contributed by atoms with Gasteiger partial charge >= 0.3 is 0 Å². The molecular formula is C37H54. The van der Waals surface area contributed by atoms with Gasteiger partial charge in [0.15, 0.2) is 0 Å². The van der Waals surface area contributed by atoms with E-state index in [9.17, 15) is 0 Å². The Labute approximate surface area is 229 Å². The lowest BCUT2D eigenvalue weighted by Crippen LogP contribution is -2.13. The Bertz CT molecular complexity index is 923. The maximum Gasteiger partial charge on any atom is -0.0162 e. The third kappa shape index (κ3) is 8.59. The summed E-state index contributed by atoms with van der Waals surface area (Å²) in [6.45, 7) is 7.04. The van der Waals surface area contributed by atoms with Gasteiger partial charge in [-0.25, -0.2) is 0 Å². The van der Waals surface area contributed by atoms with Crippen LogP contribution in [-0.2, 0) is 0 Å². The van der Waals surface area contributed by atoms with Crippen LogP contribution in [-0.4, -0.2) is 0 Å². The minimum Gasteiger partial charge on any atom is -0.0804 e. The highest BCUT2D eigenvalue weighted by Gasteiger charge is 2.22. The first-order chi connectivity index (χ1) is 18.2. The van der Waals surface area contributed by atoms with Crippen molar-refractivity contribution in [1.82, 2.24) is 0 Å². The van der Waals surface area contributed by atoms with Gasteiger partial charge in [0, 0.05) is 0 Å². The predicted molar refractivity (Wildman–Crippen MR) is 164 cm³/mol. The van der Waals surface area contributed by atoms with Gasteiger partial charge in [-0.3, -0.25) is 0 Å². The molecule has 2 aromatic rings.